The fourth-order valence-corrected chi connectivity index (χ4v) is 8.14. The first kappa shape index (κ1) is 17.7. The minimum absolute atomic E-state index is 0.00634. The van der Waals surface area contributed by atoms with Crippen LogP contribution in [0.4, 0.5) is 5.00 Å². The molecule has 0 spiro atoms. The van der Waals surface area contributed by atoms with Crippen LogP contribution in [0.25, 0.3) is 0 Å². The molecule has 1 heterocycles. The van der Waals surface area contributed by atoms with Crippen LogP contribution in [-0.2, 0) is 17.6 Å². The molecule has 5 nitrogen and oxygen atoms in total. The third-order valence-electron chi connectivity index (χ3n) is 7.48. The molecular weight excluding hydrogens is 358 g/mol. The van der Waals surface area contributed by atoms with Crippen molar-refractivity contribution in [1.29, 1.82) is 0 Å². The number of anilines is 1. The number of rotatable bonds is 5. The summed E-state index contributed by atoms with van der Waals surface area (Å²) in [7, 11) is 0. The Kier molecular flexibility index (Phi) is 4.32. The van der Waals surface area contributed by atoms with Crippen LogP contribution in [0, 0.1) is 17.8 Å². The molecule has 27 heavy (non-hydrogen) atoms. The zero-order valence-corrected chi connectivity index (χ0v) is 16.7. The SMILES string of the molecule is NC(=O)c1c(NC(=O)C[NH2+]C23CC4CC(CC(C4)C2)C3)sc2c1CCCC2. The van der Waals surface area contributed by atoms with Gasteiger partial charge in [0.2, 0.25) is 0 Å². The van der Waals surface area contributed by atoms with Crippen LogP contribution >= 0.6 is 11.3 Å². The van der Waals surface area contributed by atoms with Gasteiger partial charge in [0.1, 0.15) is 5.00 Å². The normalized spacial score (nSPS) is 33.7. The second-order valence-electron chi connectivity index (χ2n) is 9.52. The van der Waals surface area contributed by atoms with Gasteiger partial charge >= 0.3 is 0 Å². The lowest BCUT2D eigenvalue weighted by molar-refractivity contribution is -0.729. The number of aryl methyl sites for hydroxylation is 1. The minimum Gasteiger partial charge on any atom is -0.365 e. The zero-order valence-electron chi connectivity index (χ0n) is 15.9. The van der Waals surface area contributed by atoms with Gasteiger partial charge in [-0.3, -0.25) is 9.59 Å². The maximum Gasteiger partial charge on any atom is 0.280 e. The number of carbonyl (C=O) groups excluding carboxylic acids is 2. The molecule has 4 saturated carbocycles. The summed E-state index contributed by atoms with van der Waals surface area (Å²) in [5, 5.41) is 6.03. The molecule has 146 valence electrons. The summed E-state index contributed by atoms with van der Waals surface area (Å²) in [4.78, 5) is 25.9. The Morgan fingerprint density at radius 2 is 1.70 bits per heavy atom. The Bertz CT molecular complexity index is 749. The van der Waals surface area contributed by atoms with Crippen LogP contribution in [0.15, 0.2) is 0 Å². The van der Waals surface area contributed by atoms with E-state index in [0.717, 1.165) is 49.0 Å². The quantitative estimate of drug-likeness (QED) is 0.722. The Labute approximate surface area is 164 Å². The lowest BCUT2D eigenvalue weighted by atomic mass is 9.53. The molecular formula is C21H30N3O2S+. The fraction of sp³-hybridized carbons (Fsp3) is 0.714. The Morgan fingerprint density at radius 1 is 1.07 bits per heavy atom. The number of thiophene rings is 1. The maximum absolute atomic E-state index is 12.7. The molecule has 2 amide bonds. The highest BCUT2D eigenvalue weighted by atomic mass is 32.1. The van der Waals surface area contributed by atoms with Crippen LogP contribution in [0.2, 0.25) is 0 Å². The molecule has 5 aliphatic carbocycles. The third kappa shape index (κ3) is 3.21. The van der Waals surface area contributed by atoms with Gasteiger partial charge in [-0.1, -0.05) is 0 Å². The first-order valence-electron chi connectivity index (χ1n) is 10.6. The van der Waals surface area contributed by atoms with Gasteiger partial charge in [-0.15, -0.1) is 11.3 Å². The van der Waals surface area contributed by atoms with Crippen molar-refractivity contribution in [2.24, 2.45) is 23.5 Å². The van der Waals surface area contributed by atoms with E-state index in [1.165, 1.54) is 43.4 Å². The summed E-state index contributed by atoms with van der Waals surface area (Å²) in [6.45, 7) is 0.451. The molecule has 0 saturated heterocycles. The first-order chi connectivity index (χ1) is 13.0. The maximum atomic E-state index is 12.7. The van der Waals surface area contributed by atoms with Gasteiger partial charge in [0.15, 0.2) is 6.54 Å². The molecule has 6 rings (SSSR count). The monoisotopic (exact) mass is 388 g/mol. The topological polar surface area (TPSA) is 88.8 Å². The average Bonchev–Trinajstić information content (AvgIpc) is 2.97. The lowest BCUT2D eigenvalue weighted by Gasteiger charge is -2.54. The van der Waals surface area contributed by atoms with E-state index in [4.69, 9.17) is 5.73 Å². The summed E-state index contributed by atoms with van der Waals surface area (Å²) < 4.78 is 0. The van der Waals surface area contributed by atoms with Gasteiger partial charge in [-0.2, -0.15) is 0 Å². The highest BCUT2D eigenvalue weighted by Gasteiger charge is 2.53. The van der Waals surface area contributed by atoms with Crippen molar-refractivity contribution in [1.82, 2.24) is 0 Å². The van der Waals surface area contributed by atoms with E-state index in [-0.39, 0.29) is 5.91 Å². The molecule has 4 fully saturated rings. The van der Waals surface area contributed by atoms with Gasteiger partial charge in [0.05, 0.1) is 11.1 Å². The molecule has 4 bridgehead atoms. The Hall–Kier alpha value is -1.40. The Balaban J connectivity index is 1.27. The van der Waals surface area contributed by atoms with Crippen molar-refractivity contribution >= 4 is 28.2 Å². The summed E-state index contributed by atoms with van der Waals surface area (Å²) in [5.41, 5.74) is 7.59. The smallest absolute Gasteiger partial charge is 0.280 e. The Morgan fingerprint density at radius 3 is 2.33 bits per heavy atom. The molecule has 0 aliphatic heterocycles. The van der Waals surface area contributed by atoms with Crippen molar-refractivity contribution in [3.8, 4) is 0 Å². The van der Waals surface area contributed by atoms with E-state index in [0.29, 0.717) is 22.6 Å². The van der Waals surface area contributed by atoms with Gasteiger partial charge in [-0.25, -0.2) is 0 Å². The van der Waals surface area contributed by atoms with Crippen molar-refractivity contribution in [3.63, 3.8) is 0 Å². The standard InChI is InChI=1S/C21H29N3O2S/c22-19(26)18-15-3-1-2-4-16(15)27-20(18)24-17(25)11-23-21-8-12-5-13(9-21)7-14(6-12)10-21/h12-14,23H,1-11H2,(H2,22,26)(H,24,25)/p+1. The van der Waals surface area contributed by atoms with Gasteiger partial charge in [-0.05, 0) is 68.3 Å². The van der Waals surface area contributed by atoms with Crippen LogP contribution in [-0.4, -0.2) is 23.9 Å². The van der Waals surface area contributed by atoms with Crippen LogP contribution < -0.4 is 16.4 Å². The molecule has 1 aromatic rings. The summed E-state index contributed by atoms with van der Waals surface area (Å²) in [5.74, 6) is 2.27. The summed E-state index contributed by atoms with van der Waals surface area (Å²) in [6, 6.07) is 0. The highest BCUT2D eigenvalue weighted by molar-refractivity contribution is 7.17. The van der Waals surface area contributed by atoms with Crippen molar-refractivity contribution in [3.05, 3.63) is 16.0 Å². The molecule has 6 heteroatoms. The number of hydrogen-bond donors (Lipinski definition) is 3. The number of quaternary nitrogens is 1. The van der Waals surface area contributed by atoms with Crippen LogP contribution in [0.1, 0.15) is 72.2 Å². The van der Waals surface area contributed by atoms with Crippen LogP contribution in [0.5, 0.6) is 0 Å². The van der Waals surface area contributed by atoms with E-state index < -0.39 is 5.91 Å². The van der Waals surface area contributed by atoms with Crippen molar-refractivity contribution < 1.29 is 14.9 Å². The van der Waals surface area contributed by atoms with E-state index in [1.54, 1.807) is 11.3 Å². The third-order valence-corrected chi connectivity index (χ3v) is 8.68. The van der Waals surface area contributed by atoms with E-state index in [2.05, 4.69) is 10.6 Å². The average molecular weight is 389 g/mol. The molecule has 1 aromatic heterocycles. The summed E-state index contributed by atoms with van der Waals surface area (Å²) >= 11 is 1.56. The minimum atomic E-state index is -0.408. The fourth-order valence-electron chi connectivity index (χ4n) is 6.83. The molecule has 5 N–H and O–H groups in total. The van der Waals surface area contributed by atoms with Gasteiger partial charge < -0.3 is 16.4 Å². The predicted octanol–water partition coefficient (Wildman–Crippen LogP) is 2.20. The van der Waals surface area contributed by atoms with Gasteiger partial charge in [0, 0.05) is 24.1 Å². The number of fused-ring (bicyclic) bond motifs is 1. The second-order valence-corrected chi connectivity index (χ2v) is 10.6. The number of amides is 2. The van der Waals surface area contributed by atoms with Crippen molar-refractivity contribution in [2.75, 3.05) is 11.9 Å². The lowest BCUT2D eigenvalue weighted by Crippen LogP contribution is -3.00. The second kappa shape index (κ2) is 6.59. The van der Waals surface area contributed by atoms with E-state index in [1.807, 2.05) is 0 Å². The van der Waals surface area contributed by atoms with Crippen molar-refractivity contribution in [2.45, 2.75) is 69.7 Å². The first-order valence-corrected chi connectivity index (χ1v) is 11.4. The number of nitrogens with two attached hydrogens (primary N) is 2. The molecule has 0 atom stereocenters. The number of primary amides is 1. The number of hydrogen-bond acceptors (Lipinski definition) is 3. The zero-order chi connectivity index (χ0) is 18.6. The van der Waals surface area contributed by atoms with E-state index >= 15 is 0 Å². The predicted molar refractivity (Wildman–Crippen MR) is 106 cm³/mol. The molecule has 0 aromatic carbocycles. The molecule has 0 radical (unpaired) electrons. The molecule has 5 aliphatic rings. The number of nitrogens with one attached hydrogen (secondary N) is 1. The van der Waals surface area contributed by atoms with E-state index in [9.17, 15) is 9.59 Å². The van der Waals surface area contributed by atoms with Crippen LogP contribution in [0.3, 0.4) is 0 Å². The summed E-state index contributed by atoms with van der Waals surface area (Å²) in [6.07, 6.45) is 12.3. The number of carbonyl (C=O) groups is 2. The highest BCUT2D eigenvalue weighted by Crippen LogP contribution is 2.54. The largest absolute Gasteiger partial charge is 0.365 e. The van der Waals surface area contributed by atoms with Gasteiger partial charge in [0.25, 0.3) is 11.8 Å². The molecule has 0 unspecified atom stereocenters.